The first kappa shape index (κ1) is 27.3. The highest BCUT2D eigenvalue weighted by Crippen LogP contribution is 2.27. The number of carbonyl (C=O) groups is 1. The normalized spacial score (nSPS) is 14.5. The quantitative estimate of drug-likeness (QED) is 0.304. The number of hydrogen-bond donors (Lipinski definition) is 1. The van der Waals surface area contributed by atoms with Crippen LogP contribution in [0.5, 0.6) is 0 Å². The van der Waals surface area contributed by atoms with Crippen LogP contribution in [0.4, 0.5) is 23.7 Å². The molecular weight excluding hydrogens is 527 g/mol. The minimum atomic E-state index is -2.92. The van der Waals surface area contributed by atoms with Crippen LogP contribution in [0, 0.1) is 12.7 Å². The fourth-order valence-electron chi connectivity index (χ4n) is 4.61. The Hall–Kier alpha value is -4.26. The average Bonchev–Trinajstić information content (AvgIpc) is 3.63. The number of nitrogens with zero attached hydrogens (tertiary/aromatic N) is 6. The van der Waals surface area contributed by atoms with Gasteiger partial charge in [-0.2, -0.15) is 13.8 Å². The highest BCUT2D eigenvalue weighted by atomic mass is 19.3. The summed E-state index contributed by atoms with van der Waals surface area (Å²) >= 11 is 0. The molecule has 10 nitrogen and oxygen atoms in total. The Morgan fingerprint density at radius 2 is 1.93 bits per heavy atom. The number of aromatic nitrogens is 4. The SMILES string of the molecule is Cc1noc(C2CCN(CCNC(=O)N(Cc3ccc(-c4nnc(C(F)F)o4)cc3F)c3ccccc3)CC2)n1. The van der Waals surface area contributed by atoms with Crippen molar-refractivity contribution in [1.29, 1.82) is 0 Å². The molecule has 1 N–H and O–H groups in total. The summed E-state index contributed by atoms with van der Waals surface area (Å²) in [6, 6.07) is 12.6. The van der Waals surface area contributed by atoms with E-state index < -0.39 is 18.1 Å². The molecule has 0 aliphatic carbocycles. The van der Waals surface area contributed by atoms with E-state index in [1.165, 1.54) is 17.0 Å². The summed E-state index contributed by atoms with van der Waals surface area (Å²) in [6.07, 6.45) is -1.13. The molecule has 40 heavy (non-hydrogen) atoms. The molecule has 5 rings (SSSR count). The molecule has 2 aromatic heterocycles. The van der Waals surface area contributed by atoms with Crippen LogP contribution >= 0.6 is 0 Å². The Bertz CT molecular complexity index is 1420. The fraction of sp³-hybridized carbons (Fsp3) is 0.370. The smallest absolute Gasteiger partial charge is 0.322 e. The third-order valence-electron chi connectivity index (χ3n) is 6.75. The number of likely N-dealkylation sites (tertiary alicyclic amines) is 1. The number of piperidine rings is 1. The Balaban J connectivity index is 1.20. The van der Waals surface area contributed by atoms with Crippen molar-refractivity contribution in [2.45, 2.75) is 38.7 Å². The molecule has 0 radical (unpaired) electrons. The number of hydrogen-bond acceptors (Lipinski definition) is 8. The lowest BCUT2D eigenvalue weighted by Crippen LogP contribution is -2.44. The molecule has 4 aromatic rings. The van der Waals surface area contributed by atoms with Gasteiger partial charge in [0.25, 0.3) is 5.89 Å². The molecular formula is C27H28F3N7O3. The highest BCUT2D eigenvalue weighted by Gasteiger charge is 2.25. The number of urea groups is 1. The van der Waals surface area contributed by atoms with Crippen LogP contribution in [0.1, 0.15) is 48.4 Å². The summed E-state index contributed by atoms with van der Waals surface area (Å²) in [4.78, 5) is 21.3. The lowest BCUT2D eigenvalue weighted by molar-refractivity contribution is 0.116. The van der Waals surface area contributed by atoms with Crippen molar-refractivity contribution in [3.8, 4) is 11.5 Å². The van der Waals surface area contributed by atoms with Crippen molar-refractivity contribution in [3.63, 3.8) is 0 Å². The van der Waals surface area contributed by atoms with Gasteiger partial charge in [-0.05, 0) is 57.1 Å². The first-order valence-corrected chi connectivity index (χ1v) is 12.9. The number of para-hydroxylation sites is 1. The summed E-state index contributed by atoms with van der Waals surface area (Å²) in [7, 11) is 0. The van der Waals surface area contributed by atoms with Crippen molar-refractivity contribution in [1.82, 2.24) is 30.6 Å². The fourth-order valence-corrected chi connectivity index (χ4v) is 4.61. The third kappa shape index (κ3) is 6.47. The zero-order valence-corrected chi connectivity index (χ0v) is 21.8. The number of nitrogens with one attached hydrogen (secondary N) is 1. The van der Waals surface area contributed by atoms with Gasteiger partial charge in [-0.1, -0.05) is 29.4 Å². The predicted octanol–water partition coefficient (Wildman–Crippen LogP) is 5.10. The van der Waals surface area contributed by atoms with Crippen LogP contribution < -0.4 is 10.2 Å². The lowest BCUT2D eigenvalue weighted by atomic mass is 9.97. The van der Waals surface area contributed by atoms with Gasteiger partial charge in [-0.15, -0.1) is 10.2 Å². The van der Waals surface area contributed by atoms with Crippen LogP contribution in [-0.2, 0) is 6.54 Å². The number of amides is 2. The number of benzene rings is 2. The van der Waals surface area contributed by atoms with E-state index in [4.69, 9.17) is 8.94 Å². The summed E-state index contributed by atoms with van der Waals surface area (Å²) in [5.74, 6) is -0.129. The number of carbonyl (C=O) groups excluding carboxylic acids is 1. The molecule has 0 unspecified atom stereocenters. The monoisotopic (exact) mass is 555 g/mol. The van der Waals surface area contributed by atoms with E-state index in [-0.39, 0.29) is 35.5 Å². The predicted molar refractivity (Wildman–Crippen MR) is 138 cm³/mol. The third-order valence-corrected chi connectivity index (χ3v) is 6.75. The van der Waals surface area contributed by atoms with Crippen molar-refractivity contribution >= 4 is 11.7 Å². The molecule has 0 saturated carbocycles. The summed E-state index contributed by atoms with van der Waals surface area (Å²) in [5, 5.41) is 13.6. The van der Waals surface area contributed by atoms with Gasteiger partial charge in [0.15, 0.2) is 5.82 Å². The van der Waals surface area contributed by atoms with Crippen LogP contribution in [0.15, 0.2) is 57.5 Å². The van der Waals surface area contributed by atoms with Gasteiger partial charge in [0.1, 0.15) is 5.82 Å². The standard InChI is InChI=1S/C27H28F3N7O3/c1-17-32-24(40-35-17)18-9-12-36(13-10-18)14-11-31-27(38)37(21-5-3-2-4-6-21)16-20-8-7-19(15-22(20)28)25-33-34-26(39-25)23(29)30/h2-8,15,18,23H,9-14,16H2,1H3,(H,31,38). The van der Waals surface area contributed by atoms with Gasteiger partial charge in [0.2, 0.25) is 11.8 Å². The maximum absolute atomic E-state index is 15.1. The topological polar surface area (TPSA) is 113 Å². The number of aryl methyl sites for hydroxylation is 1. The average molecular weight is 556 g/mol. The van der Waals surface area contributed by atoms with E-state index in [0.717, 1.165) is 32.0 Å². The van der Waals surface area contributed by atoms with Gasteiger partial charge < -0.3 is 19.2 Å². The van der Waals surface area contributed by atoms with Crippen LogP contribution in [0.2, 0.25) is 0 Å². The lowest BCUT2D eigenvalue weighted by Gasteiger charge is -2.30. The number of halogens is 3. The zero-order chi connectivity index (χ0) is 28.1. The Morgan fingerprint density at radius 3 is 2.58 bits per heavy atom. The number of anilines is 1. The van der Waals surface area contributed by atoms with Crippen molar-refractivity contribution in [3.05, 3.63) is 77.5 Å². The van der Waals surface area contributed by atoms with Crippen molar-refractivity contribution in [2.75, 3.05) is 31.1 Å². The van der Waals surface area contributed by atoms with E-state index in [1.807, 2.05) is 6.07 Å². The van der Waals surface area contributed by atoms with Crippen LogP contribution in [0.3, 0.4) is 0 Å². The minimum absolute atomic E-state index is 0.0525. The van der Waals surface area contributed by atoms with Gasteiger partial charge in [0, 0.05) is 35.8 Å². The number of rotatable bonds is 9. The van der Waals surface area contributed by atoms with Crippen LogP contribution in [0.25, 0.3) is 11.5 Å². The van der Waals surface area contributed by atoms with Crippen LogP contribution in [-0.4, -0.2) is 57.4 Å². The molecule has 13 heteroatoms. The summed E-state index contributed by atoms with van der Waals surface area (Å²) in [5.41, 5.74) is 0.988. The molecule has 0 atom stereocenters. The van der Waals surface area contributed by atoms with Gasteiger partial charge in [0.05, 0.1) is 6.54 Å². The highest BCUT2D eigenvalue weighted by molar-refractivity contribution is 5.91. The molecule has 1 saturated heterocycles. The molecule has 2 amide bonds. The maximum Gasteiger partial charge on any atom is 0.322 e. The molecule has 210 valence electrons. The molecule has 1 fully saturated rings. The molecule has 2 aromatic carbocycles. The molecule has 1 aliphatic rings. The Kier molecular flexibility index (Phi) is 8.39. The summed E-state index contributed by atoms with van der Waals surface area (Å²) < 4.78 is 50.8. The van der Waals surface area contributed by atoms with E-state index in [1.54, 1.807) is 31.2 Å². The molecule has 3 heterocycles. The van der Waals surface area contributed by atoms with Gasteiger partial charge in [-0.3, -0.25) is 4.90 Å². The Labute approximate surface area is 228 Å². The first-order valence-electron chi connectivity index (χ1n) is 12.9. The maximum atomic E-state index is 15.1. The largest absolute Gasteiger partial charge is 0.415 e. The Morgan fingerprint density at radius 1 is 1.15 bits per heavy atom. The minimum Gasteiger partial charge on any atom is -0.415 e. The van der Waals surface area contributed by atoms with Crippen molar-refractivity contribution < 1.29 is 26.9 Å². The number of alkyl halides is 2. The zero-order valence-electron chi connectivity index (χ0n) is 21.8. The molecule has 0 spiro atoms. The van der Waals surface area contributed by atoms with Gasteiger partial charge in [-0.25, -0.2) is 9.18 Å². The molecule has 0 bridgehead atoms. The van der Waals surface area contributed by atoms with Crippen molar-refractivity contribution in [2.24, 2.45) is 0 Å². The van der Waals surface area contributed by atoms with E-state index in [9.17, 15) is 13.6 Å². The van der Waals surface area contributed by atoms with Gasteiger partial charge >= 0.3 is 12.5 Å². The first-order chi connectivity index (χ1) is 19.4. The second-order valence-corrected chi connectivity index (χ2v) is 9.50. The second kappa shape index (κ2) is 12.3. The van der Waals surface area contributed by atoms with E-state index in [2.05, 4.69) is 30.6 Å². The van der Waals surface area contributed by atoms with E-state index in [0.29, 0.717) is 30.5 Å². The van der Waals surface area contributed by atoms with E-state index >= 15 is 4.39 Å². The summed E-state index contributed by atoms with van der Waals surface area (Å²) in [6.45, 7) is 4.52. The molecule has 1 aliphatic heterocycles. The second-order valence-electron chi connectivity index (χ2n) is 9.50.